The van der Waals surface area contributed by atoms with E-state index in [-0.39, 0.29) is 11.4 Å². The van der Waals surface area contributed by atoms with Crippen LogP contribution in [0, 0.1) is 0 Å². The van der Waals surface area contributed by atoms with Crippen LogP contribution in [0.15, 0.2) is 71.6 Å². The fourth-order valence-corrected chi connectivity index (χ4v) is 6.27. The summed E-state index contributed by atoms with van der Waals surface area (Å²) < 4.78 is 82.6. The Morgan fingerprint density at radius 3 is 2.24 bits per heavy atom. The van der Waals surface area contributed by atoms with Crippen molar-refractivity contribution in [2.24, 2.45) is 0 Å². The number of carbonyl (C=O) groups is 1. The van der Waals surface area contributed by atoms with Gasteiger partial charge in [0.05, 0.1) is 23.7 Å². The Balaban J connectivity index is 1.27. The number of carboxylic acid groups (broad SMARTS) is 1. The van der Waals surface area contributed by atoms with E-state index in [9.17, 15) is 31.5 Å². The van der Waals surface area contributed by atoms with Gasteiger partial charge >= 0.3 is 12.1 Å². The first kappa shape index (κ1) is 31.2. The van der Waals surface area contributed by atoms with Gasteiger partial charge in [-0.15, -0.1) is 0 Å². The minimum atomic E-state index is -4.41. The SMILES string of the molecule is CCCc1cc(Oc2ccc(C(F)(F)F)cc2)ccc1OCCCOc1ccc(S(=O)(=O)N2CCC[C@@H]2C(=O)O)cc1. The molecule has 1 fully saturated rings. The molecule has 0 radical (unpaired) electrons. The Labute approximate surface area is 242 Å². The smallest absolute Gasteiger partial charge is 0.416 e. The van der Waals surface area contributed by atoms with Crippen molar-refractivity contribution in [1.29, 1.82) is 0 Å². The van der Waals surface area contributed by atoms with E-state index in [2.05, 4.69) is 0 Å². The number of halogens is 3. The van der Waals surface area contributed by atoms with Crippen LogP contribution in [0.4, 0.5) is 13.2 Å². The van der Waals surface area contributed by atoms with Crippen LogP contribution in [0.25, 0.3) is 0 Å². The summed E-state index contributed by atoms with van der Waals surface area (Å²) >= 11 is 0. The molecule has 226 valence electrons. The molecule has 1 atom stereocenters. The Kier molecular flexibility index (Phi) is 10.00. The lowest BCUT2D eigenvalue weighted by molar-refractivity contribution is -0.140. The molecule has 0 unspecified atom stereocenters. The second-order valence-corrected chi connectivity index (χ2v) is 11.7. The van der Waals surface area contributed by atoms with Gasteiger partial charge in [0, 0.05) is 13.0 Å². The van der Waals surface area contributed by atoms with Gasteiger partial charge in [0.2, 0.25) is 10.0 Å². The maximum Gasteiger partial charge on any atom is 0.416 e. The van der Waals surface area contributed by atoms with Crippen molar-refractivity contribution in [3.05, 3.63) is 77.9 Å². The molecule has 42 heavy (non-hydrogen) atoms. The lowest BCUT2D eigenvalue weighted by Gasteiger charge is -2.21. The highest BCUT2D eigenvalue weighted by Crippen LogP contribution is 2.33. The number of hydrogen-bond donors (Lipinski definition) is 1. The summed E-state index contributed by atoms with van der Waals surface area (Å²) in [5.41, 5.74) is 0.162. The molecule has 8 nitrogen and oxygen atoms in total. The minimum Gasteiger partial charge on any atom is -0.493 e. The van der Waals surface area contributed by atoms with Crippen molar-refractivity contribution >= 4 is 16.0 Å². The molecule has 1 saturated heterocycles. The zero-order chi connectivity index (χ0) is 30.3. The van der Waals surface area contributed by atoms with E-state index in [1.165, 1.54) is 36.4 Å². The van der Waals surface area contributed by atoms with Gasteiger partial charge in [0.25, 0.3) is 0 Å². The fourth-order valence-electron chi connectivity index (χ4n) is 4.62. The molecule has 0 aliphatic carbocycles. The van der Waals surface area contributed by atoms with E-state index < -0.39 is 33.8 Å². The molecule has 4 rings (SSSR count). The molecule has 1 N–H and O–H groups in total. The van der Waals surface area contributed by atoms with Crippen molar-refractivity contribution in [2.45, 2.75) is 56.1 Å². The summed E-state index contributed by atoms with van der Waals surface area (Å²) in [5.74, 6) is 0.779. The largest absolute Gasteiger partial charge is 0.493 e. The third-order valence-electron chi connectivity index (χ3n) is 6.70. The lowest BCUT2D eigenvalue weighted by Crippen LogP contribution is -2.40. The molecule has 1 heterocycles. The highest BCUT2D eigenvalue weighted by atomic mass is 32.2. The normalized spacial score (nSPS) is 15.9. The first-order valence-corrected chi connectivity index (χ1v) is 15.0. The second-order valence-electron chi connectivity index (χ2n) is 9.78. The molecule has 0 amide bonds. The maximum absolute atomic E-state index is 12.9. The molecule has 0 bridgehead atoms. The number of carboxylic acids is 1. The average molecular weight is 608 g/mol. The molecule has 0 spiro atoms. The maximum atomic E-state index is 12.9. The van der Waals surface area contributed by atoms with Gasteiger partial charge in [-0.2, -0.15) is 17.5 Å². The van der Waals surface area contributed by atoms with Gasteiger partial charge in [0.15, 0.2) is 0 Å². The van der Waals surface area contributed by atoms with Crippen molar-refractivity contribution in [3.63, 3.8) is 0 Å². The molecule has 0 aromatic heterocycles. The van der Waals surface area contributed by atoms with Crippen LogP contribution in [0.2, 0.25) is 0 Å². The van der Waals surface area contributed by atoms with E-state index in [0.717, 1.165) is 34.8 Å². The van der Waals surface area contributed by atoms with Crippen molar-refractivity contribution < 1.29 is 45.7 Å². The van der Waals surface area contributed by atoms with Gasteiger partial charge in [-0.05, 0) is 91.6 Å². The van der Waals surface area contributed by atoms with Crippen LogP contribution >= 0.6 is 0 Å². The van der Waals surface area contributed by atoms with E-state index in [1.54, 1.807) is 12.1 Å². The molecule has 3 aromatic carbocycles. The molecule has 1 aliphatic rings. The summed E-state index contributed by atoms with van der Waals surface area (Å²) in [7, 11) is -3.92. The second kappa shape index (κ2) is 13.5. The van der Waals surface area contributed by atoms with E-state index >= 15 is 0 Å². The predicted molar refractivity (Wildman–Crippen MR) is 149 cm³/mol. The Bertz CT molecular complexity index is 1460. The molecular formula is C30H32F3NO7S. The van der Waals surface area contributed by atoms with E-state index in [4.69, 9.17) is 14.2 Å². The summed E-state index contributed by atoms with van der Waals surface area (Å²) in [5, 5.41) is 9.32. The van der Waals surface area contributed by atoms with Gasteiger partial charge in [-0.25, -0.2) is 8.42 Å². The highest BCUT2D eigenvalue weighted by molar-refractivity contribution is 7.89. The van der Waals surface area contributed by atoms with E-state index in [1.807, 2.05) is 13.0 Å². The number of hydrogen-bond acceptors (Lipinski definition) is 6. The number of alkyl halides is 3. The number of benzene rings is 3. The third-order valence-corrected chi connectivity index (χ3v) is 8.63. The zero-order valence-electron chi connectivity index (χ0n) is 23.0. The summed E-state index contributed by atoms with van der Waals surface area (Å²) in [4.78, 5) is 11.4. The zero-order valence-corrected chi connectivity index (χ0v) is 23.8. The summed E-state index contributed by atoms with van der Waals surface area (Å²) in [6.45, 7) is 2.87. The lowest BCUT2D eigenvalue weighted by atomic mass is 10.1. The Morgan fingerprint density at radius 1 is 0.952 bits per heavy atom. The quantitative estimate of drug-likeness (QED) is 0.220. The summed E-state index contributed by atoms with van der Waals surface area (Å²) in [6.07, 6.45) is -1.51. The highest BCUT2D eigenvalue weighted by Gasteiger charge is 2.39. The monoisotopic (exact) mass is 607 g/mol. The predicted octanol–water partition coefficient (Wildman–Crippen LogP) is 6.54. The fraction of sp³-hybridized carbons (Fsp3) is 0.367. The van der Waals surface area contributed by atoms with Crippen LogP contribution in [0.5, 0.6) is 23.0 Å². The first-order chi connectivity index (χ1) is 20.0. The summed E-state index contributed by atoms with van der Waals surface area (Å²) in [6, 6.07) is 14.6. The first-order valence-electron chi connectivity index (χ1n) is 13.6. The average Bonchev–Trinajstić information content (AvgIpc) is 3.46. The Morgan fingerprint density at radius 2 is 1.60 bits per heavy atom. The standard InChI is InChI=1S/C30H32F3NO7S/c1-2-5-21-20-25(41-24-9-7-22(8-10-24)30(31,32)33)13-16-28(21)40-19-4-18-39-23-11-14-26(15-12-23)42(37,38)34-17-3-6-27(34)29(35)36/h7-16,20,27H,2-6,17-19H2,1H3,(H,35,36)/t27-/m1/s1. The minimum absolute atomic E-state index is 0.0144. The van der Waals surface area contributed by atoms with Gasteiger partial charge < -0.3 is 19.3 Å². The topological polar surface area (TPSA) is 102 Å². The van der Waals surface area contributed by atoms with Gasteiger partial charge in [-0.1, -0.05) is 13.3 Å². The van der Waals surface area contributed by atoms with E-state index in [0.29, 0.717) is 55.5 Å². The van der Waals surface area contributed by atoms with Crippen LogP contribution in [0.3, 0.4) is 0 Å². The van der Waals surface area contributed by atoms with Crippen LogP contribution in [0.1, 0.15) is 43.7 Å². The number of aliphatic carboxylic acids is 1. The number of sulfonamides is 1. The third kappa shape index (κ3) is 7.74. The van der Waals surface area contributed by atoms with Crippen molar-refractivity contribution in [3.8, 4) is 23.0 Å². The number of aryl methyl sites for hydroxylation is 1. The number of rotatable bonds is 13. The van der Waals surface area contributed by atoms with Crippen LogP contribution < -0.4 is 14.2 Å². The Hall–Kier alpha value is -3.77. The number of nitrogens with zero attached hydrogens (tertiary/aromatic N) is 1. The molecule has 3 aromatic rings. The molecular weight excluding hydrogens is 575 g/mol. The van der Waals surface area contributed by atoms with Gasteiger partial charge in [-0.3, -0.25) is 4.79 Å². The van der Waals surface area contributed by atoms with Gasteiger partial charge in [0.1, 0.15) is 29.0 Å². The van der Waals surface area contributed by atoms with Crippen LogP contribution in [-0.4, -0.2) is 49.6 Å². The molecule has 12 heteroatoms. The molecule has 0 saturated carbocycles. The molecule has 1 aliphatic heterocycles. The van der Waals surface area contributed by atoms with Crippen molar-refractivity contribution in [1.82, 2.24) is 4.31 Å². The number of ether oxygens (including phenoxy) is 3. The van der Waals surface area contributed by atoms with Crippen molar-refractivity contribution in [2.75, 3.05) is 19.8 Å². The van der Waals surface area contributed by atoms with Crippen LogP contribution in [-0.2, 0) is 27.4 Å².